The van der Waals surface area contributed by atoms with Gasteiger partial charge >= 0.3 is 5.97 Å². The number of allylic oxidation sites excluding steroid dienone is 2. The van der Waals surface area contributed by atoms with Crippen LogP contribution in [0.2, 0.25) is 0 Å². The van der Waals surface area contributed by atoms with E-state index in [4.69, 9.17) is 23.6 Å². The van der Waals surface area contributed by atoms with Crippen molar-refractivity contribution < 1.29 is 28.2 Å². The van der Waals surface area contributed by atoms with Crippen molar-refractivity contribution in [3.05, 3.63) is 65.3 Å². The van der Waals surface area contributed by atoms with Gasteiger partial charge in [-0.05, 0) is 51.8 Å². The second-order valence-electron chi connectivity index (χ2n) is 10.1. The second kappa shape index (κ2) is 10.4. The Labute approximate surface area is 211 Å². The summed E-state index contributed by atoms with van der Waals surface area (Å²) >= 11 is 0. The highest BCUT2D eigenvalue weighted by Crippen LogP contribution is 2.48. The van der Waals surface area contributed by atoms with Gasteiger partial charge in [0.1, 0.15) is 24.0 Å². The average molecular weight is 492 g/mol. The minimum absolute atomic E-state index is 0.0184. The number of hydrogen-bond donors (Lipinski definition) is 0. The summed E-state index contributed by atoms with van der Waals surface area (Å²) in [6, 6.07) is 11.4. The number of ketones is 1. The van der Waals surface area contributed by atoms with E-state index >= 15 is 0 Å². The Kier molecular flexibility index (Phi) is 7.10. The number of hydrogen-bond acceptors (Lipinski definition) is 7. The van der Waals surface area contributed by atoms with E-state index in [1.807, 2.05) is 57.2 Å². The highest BCUT2D eigenvalue weighted by molar-refractivity contribution is 6.09. The number of Topliss-reactive ketones (excluding diaryl/α,β-unsaturated/α-hetero) is 1. The summed E-state index contributed by atoms with van der Waals surface area (Å²) in [5.74, 6) is -0.286. The molecule has 3 aliphatic rings. The molecule has 0 radical (unpaired) electrons. The molecular weight excluding hydrogens is 458 g/mol. The molecule has 0 spiro atoms. The summed E-state index contributed by atoms with van der Waals surface area (Å²) in [6.07, 6.45) is 4.22. The summed E-state index contributed by atoms with van der Waals surface area (Å²) in [7, 11) is 0. The molecule has 7 heteroatoms. The van der Waals surface area contributed by atoms with E-state index in [0.717, 1.165) is 29.9 Å². The van der Waals surface area contributed by atoms with Crippen LogP contribution >= 0.6 is 0 Å². The van der Waals surface area contributed by atoms with E-state index in [1.54, 1.807) is 6.26 Å². The molecule has 1 fully saturated rings. The van der Waals surface area contributed by atoms with Crippen LogP contribution in [0.5, 0.6) is 5.75 Å². The molecule has 1 aliphatic carbocycles. The Morgan fingerprint density at radius 1 is 1.17 bits per heavy atom. The van der Waals surface area contributed by atoms with Gasteiger partial charge in [0, 0.05) is 53.8 Å². The Morgan fingerprint density at radius 3 is 2.72 bits per heavy atom. The van der Waals surface area contributed by atoms with Crippen LogP contribution in [0, 0.1) is 5.92 Å². The zero-order valence-corrected chi connectivity index (χ0v) is 21.1. The van der Waals surface area contributed by atoms with Crippen LogP contribution in [0.4, 0.5) is 0 Å². The lowest BCUT2D eigenvalue weighted by Gasteiger charge is -2.36. The van der Waals surface area contributed by atoms with Crippen LogP contribution in [-0.2, 0) is 19.1 Å². The number of benzene rings is 1. The van der Waals surface area contributed by atoms with Crippen molar-refractivity contribution in [2.45, 2.75) is 70.5 Å². The van der Waals surface area contributed by atoms with Gasteiger partial charge in [0.15, 0.2) is 5.78 Å². The van der Waals surface area contributed by atoms with Crippen LogP contribution in [0.1, 0.15) is 69.6 Å². The molecule has 0 saturated carbocycles. The fourth-order valence-corrected chi connectivity index (χ4v) is 5.57. The maximum absolute atomic E-state index is 13.7. The maximum Gasteiger partial charge on any atom is 0.315 e. The fourth-order valence-electron chi connectivity index (χ4n) is 5.57. The number of aliphatic imine (C=N–C) groups is 1. The molecule has 1 saturated heterocycles. The number of furan rings is 1. The third kappa shape index (κ3) is 4.89. The summed E-state index contributed by atoms with van der Waals surface area (Å²) in [5.41, 5.74) is 2.75. The minimum atomic E-state index is -0.717. The third-order valence-electron chi connectivity index (χ3n) is 7.14. The molecule has 36 heavy (non-hydrogen) atoms. The van der Waals surface area contributed by atoms with E-state index in [0.29, 0.717) is 36.5 Å². The number of rotatable bonds is 7. The van der Waals surface area contributed by atoms with Gasteiger partial charge in [-0.15, -0.1) is 0 Å². The van der Waals surface area contributed by atoms with Crippen molar-refractivity contribution in [2.75, 3.05) is 13.2 Å². The summed E-state index contributed by atoms with van der Waals surface area (Å²) in [6.45, 7) is 6.67. The molecule has 5 rings (SSSR count). The van der Waals surface area contributed by atoms with Crippen molar-refractivity contribution in [3.63, 3.8) is 0 Å². The number of ether oxygens (including phenoxy) is 3. The average Bonchev–Trinajstić information content (AvgIpc) is 3.56. The Morgan fingerprint density at radius 2 is 2.00 bits per heavy atom. The number of nitrogens with zero attached hydrogens (tertiary/aromatic N) is 1. The zero-order valence-electron chi connectivity index (χ0n) is 21.1. The van der Waals surface area contributed by atoms with E-state index in [9.17, 15) is 9.59 Å². The Bertz CT molecular complexity index is 1170. The first kappa shape index (κ1) is 24.5. The van der Waals surface area contributed by atoms with Gasteiger partial charge in [-0.2, -0.15) is 0 Å². The number of esters is 1. The van der Waals surface area contributed by atoms with Crippen LogP contribution in [0.25, 0.3) is 0 Å². The highest BCUT2D eigenvalue weighted by Gasteiger charge is 2.46. The molecule has 190 valence electrons. The van der Waals surface area contributed by atoms with Crippen LogP contribution < -0.4 is 4.74 Å². The molecule has 3 heterocycles. The lowest BCUT2D eigenvalue weighted by Crippen LogP contribution is -2.39. The summed E-state index contributed by atoms with van der Waals surface area (Å²) in [4.78, 5) is 32.1. The van der Waals surface area contributed by atoms with E-state index < -0.39 is 11.8 Å². The summed E-state index contributed by atoms with van der Waals surface area (Å²) in [5, 5.41) is 0. The zero-order chi connectivity index (χ0) is 25.2. The predicted octanol–water partition coefficient (Wildman–Crippen LogP) is 5.36. The Balaban J connectivity index is 1.54. The first-order valence-electron chi connectivity index (χ1n) is 12.8. The van der Waals surface area contributed by atoms with Gasteiger partial charge in [-0.3, -0.25) is 14.6 Å². The minimum Gasteiger partial charge on any atom is -0.491 e. The molecule has 4 unspecified atom stereocenters. The molecular formula is C29H33NO6. The summed E-state index contributed by atoms with van der Waals surface area (Å²) < 4.78 is 23.2. The SMILES string of the molecule is CC1=NC2=C(C(=O)CC(c3ccco3)C2)C(c2ccccc2OC(C)C)C1C(=O)OCC1CCCO1. The van der Waals surface area contributed by atoms with Crippen molar-refractivity contribution in [1.29, 1.82) is 0 Å². The second-order valence-corrected chi connectivity index (χ2v) is 10.1. The molecule has 2 aromatic rings. The first-order valence-corrected chi connectivity index (χ1v) is 12.8. The number of carbonyl (C=O) groups excluding carboxylic acids is 2. The van der Waals surface area contributed by atoms with E-state index in [-0.39, 0.29) is 36.5 Å². The van der Waals surface area contributed by atoms with Gasteiger partial charge in [0.05, 0.1) is 18.5 Å². The predicted molar refractivity (Wildman–Crippen MR) is 134 cm³/mol. The van der Waals surface area contributed by atoms with Crippen LogP contribution in [0.3, 0.4) is 0 Å². The smallest absolute Gasteiger partial charge is 0.315 e. The third-order valence-corrected chi connectivity index (χ3v) is 7.14. The topological polar surface area (TPSA) is 87.3 Å². The Hall–Kier alpha value is -3.19. The monoisotopic (exact) mass is 491 g/mol. The van der Waals surface area contributed by atoms with E-state index in [1.165, 1.54) is 0 Å². The molecule has 0 bridgehead atoms. The van der Waals surface area contributed by atoms with Crippen LogP contribution in [0.15, 0.2) is 63.3 Å². The highest BCUT2D eigenvalue weighted by atomic mass is 16.6. The van der Waals surface area contributed by atoms with Crippen molar-refractivity contribution in [3.8, 4) is 5.75 Å². The lowest BCUT2D eigenvalue weighted by molar-refractivity contribution is -0.149. The normalized spacial score (nSPS) is 26.1. The van der Waals surface area contributed by atoms with Crippen LogP contribution in [-0.4, -0.2) is 42.9 Å². The molecule has 2 aliphatic heterocycles. The van der Waals surface area contributed by atoms with Gasteiger partial charge in [-0.1, -0.05) is 18.2 Å². The standard InChI is InChI=1S/C29H33NO6/c1-17(2)36-25-10-5-4-9-21(25)27-26(29(32)35-16-20-8-6-12-33-20)18(3)30-22-14-19(15-23(31)28(22)27)24-11-7-13-34-24/h4-5,7,9-11,13,17,19-20,26-27H,6,8,12,14-16H2,1-3H3. The van der Waals surface area contributed by atoms with Crippen molar-refractivity contribution >= 4 is 17.5 Å². The van der Waals surface area contributed by atoms with Crippen molar-refractivity contribution in [2.24, 2.45) is 10.9 Å². The lowest BCUT2D eigenvalue weighted by atomic mass is 9.69. The number of carbonyl (C=O) groups is 2. The molecule has 1 aromatic carbocycles. The van der Waals surface area contributed by atoms with E-state index in [2.05, 4.69) is 0 Å². The van der Waals surface area contributed by atoms with Gasteiger partial charge in [-0.25, -0.2) is 0 Å². The molecule has 4 atom stereocenters. The molecule has 1 aromatic heterocycles. The fraction of sp³-hybridized carbons (Fsp3) is 0.483. The molecule has 7 nitrogen and oxygen atoms in total. The number of para-hydroxylation sites is 1. The quantitative estimate of drug-likeness (QED) is 0.484. The van der Waals surface area contributed by atoms with Crippen molar-refractivity contribution in [1.82, 2.24) is 0 Å². The molecule has 0 N–H and O–H groups in total. The molecule has 0 amide bonds. The first-order chi connectivity index (χ1) is 17.4. The van der Waals surface area contributed by atoms with Gasteiger partial charge < -0.3 is 18.6 Å². The maximum atomic E-state index is 13.7. The largest absolute Gasteiger partial charge is 0.491 e. The van der Waals surface area contributed by atoms with Gasteiger partial charge in [0.2, 0.25) is 0 Å². The van der Waals surface area contributed by atoms with Gasteiger partial charge in [0.25, 0.3) is 0 Å².